The molecule has 0 rings (SSSR count). The molecule has 0 spiro atoms. The van der Waals surface area contributed by atoms with Crippen LogP contribution in [0.3, 0.4) is 0 Å². The highest BCUT2D eigenvalue weighted by Crippen LogP contribution is 2.03. The minimum Gasteiger partial charge on any atom is -0.459 e. The van der Waals surface area contributed by atoms with E-state index >= 15 is 0 Å². The van der Waals surface area contributed by atoms with Gasteiger partial charge in [-0.1, -0.05) is 26.2 Å². The van der Waals surface area contributed by atoms with Gasteiger partial charge >= 0.3 is 5.97 Å². The zero-order chi connectivity index (χ0) is 8.53. The molecule has 11 heavy (non-hydrogen) atoms. The lowest BCUT2D eigenvalue weighted by molar-refractivity contribution is -0.140. The molecule has 0 aliphatic rings. The molecule has 0 amide bonds. The molecular weight excluding hydrogens is 140 g/mol. The summed E-state index contributed by atoms with van der Waals surface area (Å²) in [6.45, 7) is 5.30. The normalized spacial score (nSPS) is 9.64. The largest absolute Gasteiger partial charge is 0.459 e. The van der Waals surface area contributed by atoms with Gasteiger partial charge < -0.3 is 4.74 Å². The van der Waals surface area contributed by atoms with Gasteiger partial charge in [0, 0.05) is 6.42 Å². The lowest BCUT2D eigenvalue weighted by atomic mass is 10.2. The van der Waals surface area contributed by atoms with Crippen LogP contribution in [0.4, 0.5) is 0 Å². The number of ether oxygens (including phenoxy) is 1. The highest BCUT2D eigenvalue weighted by atomic mass is 16.5. The Hall–Kier alpha value is -0.530. The highest BCUT2D eigenvalue weighted by Gasteiger charge is 1.99. The third-order valence-corrected chi connectivity index (χ3v) is 1.48. The number of rotatable bonds is 6. The van der Waals surface area contributed by atoms with Crippen LogP contribution < -0.4 is 0 Å². The van der Waals surface area contributed by atoms with Gasteiger partial charge in [-0.05, 0) is 13.3 Å². The lowest BCUT2D eigenvalue weighted by Crippen LogP contribution is -2.00. The van der Waals surface area contributed by atoms with Crippen LogP contribution in [-0.4, -0.2) is 5.97 Å². The lowest BCUT2D eigenvalue weighted by Gasteiger charge is -1.99. The van der Waals surface area contributed by atoms with Crippen molar-refractivity contribution >= 4 is 5.97 Å². The first-order valence-electron chi connectivity index (χ1n) is 4.28. The molecule has 0 heterocycles. The molecule has 0 atom stereocenters. The molecule has 65 valence electrons. The van der Waals surface area contributed by atoms with Crippen molar-refractivity contribution in [2.75, 3.05) is 0 Å². The van der Waals surface area contributed by atoms with Crippen LogP contribution in [0.15, 0.2) is 0 Å². The quantitative estimate of drug-likeness (QED) is 0.437. The summed E-state index contributed by atoms with van der Waals surface area (Å²) < 4.78 is 4.66. The van der Waals surface area contributed by atoms with Gasteiger partial charge in [-0.15, -0.1) is 0 Å². The van der Waals surface area contributed by atoms with Crippen molar-refractivity contribution in [3.63, 3.8) is 0 Å². The maximum absolute atomic E-state index is 10.8. The Morgan fingerprint density at radius 2 is 2.09 bits per heavy atom. The Morgan fingerprint density at radius 3 is 2.64 bits per heavy atom. The van der Waals surface area contributed by atoms with Gasteiger partial charge in [0.1, 0.15) is 6.61 Å². The van der Waals surface area contributed by atoms with Crippen molar-refractivity contribution in [2.24, 2.45) is 0 Å². The SMILES string of the molecule is C[CH]OC(=O)CCCCCC. The van der Waals surface area contributed by atoms with E-state index in [4.69, 9.17) is 0 Å². The van der Waals surface area contributed by atoms with E-state index in [2.05, 4.69) is 11.7 Å². The van der Waals surface area contributed by atoms with E-state index in [0.717, 1.165) is 12.8 Å². The fourth-order valence-corrected chi connectivity index (χ4v) is 0.886. The van der Waals surface area contributed by atoms with Crippen molar-refractivity contribution in [3.05, 3.63) is 6.61 Å². The average Bonchev–Trinajstić information content (AvgIpc) is 1.99. The Morgan fingerprint density at radius 1 is 1.36 bits per heavy atom. The molecule has 1 radical (unpaired) electrons. The van der Waals surface area contributed by atoms with E-state index in [1.54, 1.807) is 6.92 Å². The minimum absolute atomic E-state index is 0.108. The van der Waals surface area contributed by atoms with Crippen LogP contribution in [0.1, 0.15) is 46.0 Å². The zero-order valence-electron chi connectivity index (χ0n) is 7.43. The Bertz CT molecular complexity index is 99.7. The Balaban J connectivity index is 3.04. The van der Waals surface area contributed by atoms with Gasteiger partial charge in [-0.25, -0.2) is 0 Å². The van der Waals surface area contributed by atoms with Crippen molar-refractivity contribution in [1.29, 1.82) is 0 Å². The van der Waals surface area contributed by atoms with Crippen molar-refractivity contribution < 1.29 is 9.53 Å². The first kappa shape index (κ1) is 10.5. The Labute approximate surface area is 68.9 Å². The van der Waals surface area contributed by atoms with Gasteiger partial charge in [0.2, 0.25) is 0 Å². The number of hydrogen-bond donors (Lipinski definition) is 0. The summed E-state index contributed by atoms with van der Waals surface area (Å²) in [6, 6.07) is 0. The van der Waals surface area contributed by atoms with Gasteiger partial charge in [-0.2, -0.15) is 0 Å². The van der Waals surface area contributed by atoms with Crippen LogP contribution in [0.5, 0.6) is 0 Å². The summed E-state index contributed by atoms with van der Waals surface area (Å²) in [4.78, 5) is 10.8. The topological polar surface area (TPSA) is 26.3 Å². The van der Waals surface area contributed by atoms with Crippen molar-refractivity contribution in [2.45, 2.75) is 46.0 Å². The third-order valence-electron chi connectivity index (χ3n) is 1.48. The number of unbranched alkanes of at least 4 members (excludes halogenated alkanes) is 3. The van der Waals surface area contributed by atoms with E-state index in [1.807, 2.05) is 0 Å². The van der Waals surface area contributed by atoms with Gasteiger partial charge in [0.05, 0.1) is 0 Å². The molecule has 0 aromatic carbocycles. The summed E-state index contributed by atoms with van der Waals surface area (Å²) >= 11 is 0. The van der Waals surface area contributed by atoms with Crippen LogP contribution in [0, 0.1) is 6.61 Å². The number of carbonyl (C=O) groups excluding carboxylic acids is 1. The molecular formula is C9H17O2. The fourth-order valence-electron chi connectivity index (χ4n) is 0.886. The molecule has 0 aliphatic heterocycles. The average molecular weight is 157 g/mol. The van der Waals surface area contributed by atoms with Crippen molar-refractivity contribution in [1.82, 2.24) is 0 Å². The van der Waals surface area contributed by atoms with Crippen LogP contribution >= 0.6 is 0 Å². The van der Waals surface area contributed by atoms with Crippen LogP contribution in [0.25, 0.3) is 0 Å². The van der Waals surface area contributed by atoms with Crippen molar-refractivity contribution in [3.8, 4) is 0 Å². The maximum atomic E-state index is 10.8. The molecule has 0 saturated carbocycles. The predicted octanol–water partition coefficient (Wildman–Crippen LogP) is 2.68. The second-order valence-electron chi connectivity index (χ2n) is 2.54. The summed E-state index contributed by atoms with van der Waals surface area (Å²) in [5.74, 6) is -0.108. The summed E-state index contributed by atoms with van der Waals surface area (Å²) in [5.41, 5.74) is 0. The van der Waals surface area contributed by atoms with E-state index in [9.17, 15) is 4.79 Å². The molecule has 0 saturated heterocycles. The molecule has 2 heteroatoms. The number of esters is 1. The molecule has 0 bridgehead atoms. The summed E-state index contributed by atoms with van der Waals surface area (Å²) in [6.07, 6.45) is 5.07. The standard InChI is InChI=1S/C9H17O2/c1-3-5-6-7-8-9(10)11-4-2/h4H,3,5-8H2,1-2H3. The molecule has 0 aromatic heterocycles. The molecule has 0 fully saturated rings. The molecule has 0 aromatic rings. The first-order valence-corrected chi connectivity index (χ1v) is 4.28. The summed E-state index contributed by atoms with van der Waals surface area (Å²) in [7, 11) is 0. The zero-order valence-corrected chi connectivity index (χ0v) is 7.43. The number of hydrogen-bond acceptors (Lipinski definition) is 2. The van der Waals surface area contributed by atoms with E-state index in [1.165, 1.54) is 19.4 Å². The smallest absolute Gasteiger partial charge is 0.306 e. The predicted molar refractivity (Wildman–Crippen MR) is 44.8 cm³/mol. The highest BCUT2D eigenvalue weighted by molar-refractivity contribution is 5.69. The second-order valence-corrected chi connectivity index (χ2v) is 2.54. The third kappa shape index (κ3) is 7.37. The summed E-state index contributed by atoms with van der Waals surface area (Å²) in [5, 5.41) is 0. The van der Waals surface area contributed by atoms with E-state index in [-0.39, 0.29) is 5.97 Å². The second kappa shape index (κ2) is 7.58. The molecule has 0 aliphatic carbocycles. The fraction of sp³-hybridized carbons (Fsp3) is 0.778. The molecule has 0 unspecified atom stereocenters. The van der Waals surface area contributed by atoms with E-state index < -0.39 is 0 Å². The van der Waals surface area contributed by atoms with E-state index in [0.29, 0.717) is 6.42 Å². The van der Waals surface area contributed by atoms with Gasteiger partial charge in [0.25, 0.3) is 0 Å². The van der Waals surface area contributed by atoms with Crippen LogP contribution in [-0.2, 0) is 9.53 Å². The molecule has 0 N–H and O–H groups in total. The van der Waals surface area contributed by atoms with Gasteiger partial charge in [-0.3, -0.25) is 4.79 Å². The maximum Gasteiger partial charge on any atom is 0.306 e. The number of carbonyl (C=O) groups is 1. The first-order chi connectivity index (χ1) is 5.31. The van der Waals surface area contributed by atoms with Gasteiger partial charge in [0.15, 0.2) is 0 Å². The Kier molecular flexibility index (Phi) is 7.21. The van der Waals surface area contributed by atoms with Crippen LogP contribution in [0.2, 0.25) is 0 Å². The molecule has 2 nitrogen and oxygen atoms in total. The minimum atomic E-state index is -0.108. The monoisotopic (exact) mass is 157 g/mol.